The van der Waals surface area contributed by atoms with Gasteiger partial charge in [0.25, 0.3) is 0 Å². The molecular weight excluding hydrogens is 230 g/mol. The summed E-state index contributed by atoms with van der Waals surface area (Å²) >= 11 is 0. The van der Waals surface area contributed by atoms with Crippen LogP contribution in [0.2, 0.25) is 0 Å². The minimum absolute atomic E-state index is 0.223. The molecule has 1 aromatic rings. The molecular formula is C14H23NO3. The quantitative estimate of drug-likeness (QED) is 0.684. The van der Waals surface area contributed by atoms with Gasteiger partial charge in [-0.25, -0.2) is 0 Å². The Kier molecular flexibility index (Phi) is 7.22. The van der Waals surface area contributed by atoms with Crippen LogP contribution in [0.1, 0.15) is 13.8 Å². The maximum atomic E-state index is 5.68. The maximum absolute atomic E-state index is 5.68. The first-order valence-electron chi connectivity index (χ1n) is 6.36. The molecule has 1 N–H and O–H groups in total. The highest BCUT2D eigenvalue weighted by atomic mass is 16.5. The van der Waals surface area contributed by atoms with Crippen molar-refractivity contribution in [1.82, 2.24) is 5.32 Å². The Labute approximate surface area is 109 Å². The first-order chi connectivity index (χ1) is 8.77. The molecule has 0 fully saturated rings. The van der Waals surface area contributed by atoms with Crippen molar-refractivity contribution in [1.29, 1.82) is 0 Å². The van der Waals surface area contributed by atoms with Crippen molar-refractivity contribution in [2.45, 2.75) is 20.0 Å². The fourth-order valence-electron chi connectivity index (χ4n) is 1.47. The molecule has 0 aliphatic rings. The molecule has 4 heteroatoms. The van der Waals surface area contributed by atoms with Crippen molar-refractivity contribution < 1.29 is 14.2 Å². The molecule has 0 saturated heterocycles. The lowest BCUT2D eigenvalue weighted by atomic mass is 10.3. The molecule has 102 valence electrons. The van der Waals surface area contributed by atoms with Gasteiger partial charge < -0.3 is 19.5 Å². The minimum Gasteiger partial charge on any atom is -0.490 e. The largest absolute Gasteiger partial charge is 0.490 e. The molecule has 0 heterocycles. The van der Waals surface area contributed by atoms with E-state index >= 15 is 0 Å². The van der Waals surface area contributed by atoms with Crippen LogP contribution in [0.15, 0.2) is 24.3 Å². The summed E-state index contributed by atoms with van der Waals surface area (Å²) in [5.41, 5.74) is 0. The Morgan fingerprint density at radius 3 is 2.44 bits per heavy atom. The van der Waals surface area contributed by atoms with E-state index in [0.717, 1.165) is 24.6 Å². The monoisotopic (exact) mass is 253 g/mol. The van der Waals surface area contributed by atoms with Gasteiger partial charge in [-0.15, -0.1) is 0 Å². The molecule has 4 nitrogen and oxygen atoms in total. The average Bonchev–Trinajstić information content (AvgIpc) is 2.40. The minimum atomic E-state index is 0.223. The van der Waals surface area contributed by atoms with Crippen molar-refractivity contribution in [2.75, 3.05) is 33.4 Å². The standard InChI is InChI=1S/C14H23NO3/c1-4-17-13-7-5-6-8-14(13)18-10-9-15-11-12(2)16-3/h5-8,12,15H,4,9-11H2,1-3H3. The second-order valence-electron chi connectivity index (χ2n) is 3.98. The number of rotatable bonds is 9. The Balaban J connectivity index is 2.26. The second-order valence-corrected chi connectivity index (χ2v) is 3.98. The van der Waals surface area contributed by atoms with Crippen LogP contribution in [0.5, 0.6) is 11.5 Å². The van der Waals surface area contributed by atoms with Crippen molar-refractivity contribution in [2.24, 2.45) is 0 Å². The zero-order valence-electron chi connectivity index (χ0n) is 11.4. The highest BCUT2D eigenvalue weighted by Gasteiger charge is 2.03. The van der Waals surface area contributed by atoms with Crippen LogP contribution < -0.4 is 14.8 Å². The fourth-order valence-corrected chi connectivity index (χ4v) is 1.47. The van der Waals surface area contributed by atoms with Crippen molar-refractivity contribution in [3.05, 3.63) is 24.3 Å². The second kappa shape index (κ2) is 8.78. The molecule has 1 atom stereocenters. The van der Waals surface area contributed by atoms with E-state index in [-0.39, 0.29) is 6.10 Å². The summed E-state index contributed by atoms with van der Waals surface area (Å²) in [4.78, 5) is 0. The molecule has 1 rings (SSSR count). The highest BCUT2D eigenvalue weighted by molar-refractivity contribution is 5.39. The third-order valence-electron chi connectivity index (χ3n) is 2.52. The molecule has 1 aromatic carbocycles. The molecule has 1 unspecified atom stereocenters. The van der Waals surface area contributed by atoms with Crippen molar-refractivity contribution >= 4 is 0 Å². The number of ether oxygens (including phenoxy) is 3. The molecule has 18 heavy (non-hydrogen) atoms. The fraction of sp³-hybridized carbons (Fsp3) is 0.571. The van der Waals surface area contributed by atoms with Gasteiger partial charge in [0.2, 0.25) is 0 Å². The van der Waals surface area contributed by atoms with E-state index in [1.807, 2.05) is 38.1 Å². The van der Waals surface area contributed by atoms with Gasteiger partial charge in [0.1, 0.15) is 6.61 Å². The lowest BCUT2D eigenvalue weighted by molar-refractivity contribution is 0.116. The van der Waals surface area contributed by atoms with E-state index in [1.54, 1.807) is 7.11 Å². The lowest BCUT2D eigenvalue weighted by Gasteiger charge is -2.13. The van der Waals surface area contributed by atoms with E-state index in [0.29, 0.717) is 13.2 Å². The van der Waals surface area contributed by atoms with Crippen LogP contribution in [0.3, 0.4) is 0 Å². The zero-order valence-corrected chi connectivity index (χ0v) is 11.4. The summed E-state index contributed by atoms with van der Waals surface area (Å²) in [6.45, 7) is 6.86. The van der Waals surface area contributed by atoms with E-state index in [2.05, 4.69) is 5.32 Å². The Morgan fingerprint density at radius 1 is 1.17 bits per heavy atom. The van der Waals surface area contributed by atoms with Gasteiger partial charge >= 0.3 is 0 Å². The number of nitrogens with one attached hydrogen (secondary N) is 1. The van der Waals surface area contributed by atoms with Crippen LogP contribution >= 0.6 is 0 Å². The SMILES string of the molecule is CCOc1ccccc1OCCNCC(C)OC. The van der Waals surface area contributed by atoms with Crippen LogP contribution in [-0.4, -0.2) is 39.5 Å². The number of hydrogen-bond donors (Lipinski definition) is 1. The van der Waals surface area contributed by atoms with Gasteiger partial charge in [-0.2, -0.15) is 0 Å². The summed E-state index contributed by atoms with van der Waals surface area (Å²) in [6.07, 6.45) is 0.223. The Morgan fingerprint density at radius 2 is 1.83 bits per heavy atom. The van der Waals surface area contributed by atoms with Crippen LogP contribution in [0.25, 0.3) is 0 Å². The van der Waals surface area contributed by atoms with Gasteiger partial charge in [-0.1, -0.05) is 12.1 Å². The smallest absolute Gasteiger partial charge is 0.161 e. The van der Waals surface area contributed by atoms with Crippen molar-refractivity contribution in [3.8, 4) is 11.5 Å². The van der Waals surface area contributed by atoms with Gasteiger partial charge in [-0.05, 0) is 26.0 Å². The first kappa shape index (κ1) is 14.8. The number of para-hydroxylation sites is 2. The van der Waals surface area contributed by atoms with E-state index in [1.165, 1.54) is 0 Å². The van der Waals surface area contributed by atoms with Crippen LogP contribution in [-0.2, 0) is 4.74 Å². The number of benzene rings is 1. The molecule has 0 bridgehead atoms. The van der Waals surface area contributed by atoms with E-state index in [4.69, 9.17) is 14.2 Å². The average molecular weight is 253 g/mol. The number of hydrogen-bond acceptors (Lipinski definition) is 4. The zero-order chi connectivity index (χ0) is 13.2. The van der Waals surface area contributed by atoms with Gasteiger partial charge in [0.05, 0.1) is 12.7 Å². The van der Waals surface area contributed by atoms with Crippen LogP contribution in [0, 0.1) is 0 Å². The van der Waals surface area contributed by atoms with E-state index in [9.17, 15) is 0 Å². The molecule has 0 aliphatic carbocycles. The number of methoxy groups -OCH3 is 1. The summed E-state index contributed by atoms with van der Waals surface area (Å²) in [7, 11) is 1.71. The topological polar surface area (TPSA) is 39.7 Å². The maximum Gasteiger partial charge on any atom is 0.161 e. The van der Waals surface area contributed by atoms with Crippen molar-refractivity contribution in [3.63, 3.8) is 0 Å². The summed E-state index contributed by atoms with van der Waals surface area (Å²) in [5, 5.41) is 3.27. The predicted molar refractivity (Wildman–Crippen MR) is 72.4 cm³/mol. The summed E-state index contributed by atoms with van der Waals surface area (Å²) < 4.78 is 16.3. The highest BCUT2D eigenvalue weighted by Crippen LogP contribution is 2.25. The van der Waals surface area contributed by atoms with Gasteiger partial charge in [-0.3, -0.25) is 0 Å². The lowest BCUT2D eigenvalue weighted by Crippen LogP contribution is -2.29. The van der Waals surface area contributed by atoms with Gasteiger partial charge in [0, 0.05) is 20.2 Å². The molecule has 0 aliphatic heterocycles. The third kappa shape index (κ3) is 5.38. The van der Waals surface area contributed by atoms with E-state index < -0.39 is 0 Å². The predicted octanol–water partition coefficient (Wildman–Crippen LogP) is 2.09. The van der Waals surface area contributed by atoms with Crippen LogP contribution in [0.4, 0.5) is 0 Å². The van der Waals surface area contributed by atoms with Gasteiger partial charge in [0.15, 0.2) is 11.5 Å². The molecule has 0 radical (unpaired) electrons. The molecule has 0 spiro atoms. The normalized spacial score (nSPS) is 12.2. The molecule has 0 saturated carbocycles. The third-order valence-corrected chi connectivity index (χ3v) is 2.52. The summed E-state index contributed by atoms with van der Waals surface area (Å²) in [5.74, 6) is 1.59. The Bertz CT molecular complexity index is 331. The molecule has 0 amide bonds. The summed E-state index contributed by atoms with van der Waals surface area (Å²) in [6, 6.07) is 7.72. The molecule has 0 aromatic heterocycles. The first-order valence-corrected chi connectivity index (χ1v) is 6.36. The Hall–Kier alpha value is -1.26.